The topological polar surface area (TPSA) is 77.1 Å². The molecule has 1 aliphatic rings. The van der Waals surface area contributed by atoms with Gasteiger partial charge in [-0.25, -0.2) is 4.79 Å². The summed E-state index contributed by atoms with van der Waals surface area (Å²) in [6.45, 7) is 3.66. The van der Waals surface area contributed by atoms with Gasteiger partial charge < -0.3 is 24.4 Å². The van der Waals surface area contributed by atoms with E-state index in [0.717, 1.165) is 30.0 Å². The van der Waals surface area contributed by atoms with Crippen molar-refractivity contribution in [2.75, 3.05) is 39.7 Å². The lowest BCUT2D eigenvalue weighted by Gasteiger charge is -2.22. The van der Waals surface area contributed by atoms with Crippen LogP contribution in [0.1, 0.15) is 38.1 Å². The van der Waals surface area contributed by atoms with Gasteiger partial charge in [-0.1, -0.05) is 0 Å². The van der Waals surface area contributed by atoms with Gasteiger partial charge in [-0.3, -0.25) is 4.79 Å². The van der Waals surface area contributed by atoms with E-state index in [1.165, 1.54) is 25.6 Å². The van der Waals surface area contributed by atoms with Gasteiger partial charge in [-0.2, -0.15) is 0 Å². The predicted molar refractivity (Wildman–Crippen MR) is 115 cm³/mol. The number of carbonyl (C=O) groups is 2. The highest BCUT2D eigenvalue weighted by Gasteiger charge is 2.28. The molecule has 3 rings (SSSR count). The highest BCUT2D eigenvalue weighted by atomic mass is 35.5. The Bertz CT molecular complexity index is 899. The summed E-state index contributed by atoms with van der Waals surface area (Å²) in [6.07, 6.45) is 0.753. The van der Waals surface area contributed by atoms with Crippen molar-refractivity contribution in [2.45, 2.75) is 19.9 Å². The van der Waals surface area contributed by atoms with Crippen molar-refractivity contribution in [3.05, 3.63) is 39.8 Å². The van der Waals surface area contributed by atoms with Gasteiger partial charge in [0.2, 0.25) is 0 Å². The summed E-state index contributed by atoms with van der Waals surface area (Å²) < 4.78 is 15.7. The van der Waals surface area contributed by atoms with Crippen LogP contribution in [-0.2, 0) is 17.7 Å². The molecule has 0 saturated heterocycles. The van der Waals surface area contributed by atoms with Crippen LogP contribution in [0.2, 0.25) is 0 Å². The van der Waals surface area contributed by atoms with Crippen molar-refractivity contribution >= 4 is 40.6 Å². The summed E-state index contributed by atoms with van der Waals surface area (Å²) in [4.78, 5) is 28.7. The standard InChI is InChI=1S/C20H24N2O5S.ClH/c1-5-27-20(24)17-13-8-9-22(2)11-16(13)28-19(17)21-18(23)12-6-7-14(25-3)15(10-12)26-4;/h6-7,10H,5,8-9,11H2,1-4H3,(H,21,23);1H. The molecule has 1 amide bonds. The van der Waals surface area contributed by atoms with Crippen molar-refractivity contribution in [1.29, 1.82) is 0 Å². The number of halogens is 1. The highest BCUT2D eigenvalue weighted by molar-refractivity contribution is 7.17. The second kappa shape index (κ2) is 9.96. The molecule has 1 aliphatic heterocycles. The quantitative estimate of drug-likeness (QED) is 0.691. The fourth-order valence-corrected chi connectivity index (χ4v) is 4.50. The summed E-state index contributed by atoms with van der Waals surface area (Å²) in [5.41, 5.74) is 1.86. The number of likely N-dealkylation sites (N-methyl/N-ethyl adjacent to an activating group) is 1. The number of anilines is 1. The van der Waals surface area contributed by atoms with E-state index in [2.05, 4.69) is 10.2 Å². The first-order valence-corrected chi connectivity index (χ1v) is 9.83. The molecule has 0 aliphatic carbocycles. The molecule has 9 heteroatoms. The van der Waals surface area contributed by atoms with E-state index in [4.69, 9.17) is 14.2 Å². The first-order chi connectivity index (χ1) is 13.5. The number of hydrogen-bond donors (Lipinski definition) is 1. The van der Waals surface area contributed by atoms with Crippen molar-refractivity contribution in [3.63, 3.8) is 0 Å². The van der Waals surface area contributed by atoms with Crippen molar-refractivity contribution in [1.82, 2.24) is 4.90 Å². The van der Waals surface area contributed by atoms with Crippen LogP contribution in [0.15, 0.2) is 18.2 Å². The van der Waals surface area contributed by atoms with Gasteiger partial charge in [0.25, 0.3) is 5.91 Å². The summed E-state index contributed by atoms with van der Waals surface area (Å²) in [6, 6.07) is 4.94. The molecule has 0 radical (unpaired) electrons. The number of benzene rings is 1. The maximum Gasteiger partial charge on any atom is 0.341 e. The molecule has 7 nitrogen and oxygen atoms in total. The Hall–Kier alpha value is -2.29. The molecule has 0 fully saturated rings. The van der Waals surface area contributed by atoms with E-state index in [0.29, 0.717) is 27.6 Å². The smallest absolute Gasteiger partial charge is 0.341 e. The molecule has 0 saturated carbocycles. The van der Waals surface area contributed by atoms with Gasteiger partial charge in [0.05, 0.1) is 26.4 Å². The fourth-order valence-electron chi connectivity index (χ4n) is 3.19. The Morgan fingerprint density at radius 1 is 1.21 bits per heavy atom. The minimum Gasteiger partial charge on any atom is -0.493 e. The molecule has 0 atom stereocenters. The van der Waals surface area contributed by atoms with E-state index in [1.807, 2.05) is 7.05 Å². The highest BCUT2D eigenvalue weighted by Crippen LogP contribution is 2.38. The maximum absolute atomic E-state index is 12.8. The number of nitrogens with zero attached hydrogens (tertiary/aromatic N) is 1. The van der Waals surface area contributed by atoms with Crippen LogP contribution in [0.4, 0.5) is 5.00 Å². The number of amides is 1. The van der Waals surface area contributed by atoms with Gasteiger partial charge in [-0.05, 0) is 44.2 Å². The average Bonchev–Trinajstić information content (AvgIpc) is 3.04. The molecule has 158 valence electrons. The molecule has 0 spiro atoms. The number of esters is 1. The number of rotatable bonds is 6. The number of fused-ring (bicyclic) bond motifs is 1. The summed E-state index contributed by atoms with van der Waals surface area (Å²) in [5.74, 6) is 0.291. The van der Waals surface area contributed by atoms with Gasteiger partial charge in [0, 0.05) is 23.5 Å². The number of thiophene rings is 1. The number of methoxy groups -OCH3 is 2. The Morgan fingerprint density at radius 2 is 1.93 bits per heavy atom. The van der Waals surface area contributed by atoms with E-state index >= 15 is 0 Å². The fraction of sp³-hybridized carbons (Fsp3) is 0.400. The Morgan fingerprint density at radius 3 is 2.59 bits per heavy atom. The molecule has 0 bridgehead atoms. The SMILES string of the molecule is CCOC(=O)c1c(NC(=O)c2ccc(OC)c(OC)c2)sc2c1CCN(C)C2.Cl. The monoisotopic (exact) mass is 440 g/mol. The maximum atomic E-state index is 12.8. The van der Waals surface area contributed by atoms with Gasteiger partial charge in [-0.15, -0.1) is 23.7 Å². The zero-order valence-corrected chi connectivity index (χ0v) is 18.5. The Labute approximate surface area is 180 Å². The van der Waals surface area contributed by atoms with Gasteiger partial charge >= 0.3 is 5.97 Å². The molecule has 1 N–H and O–H groups in total. The summed E-state index contributed by atoms with van der Waals surface area (Å²) in [5, 5.41) is 3.42. The van der Waals surface area contributed by atoms with Crippen LogP contribution in [0.5, 0.6) is 11.5 Å². The van der Waals surface area contributed by atoms with Crippen molar-refractivity contribution < 1.29 is 23.8 Å². The predicted octanol–water partition coefficient (Wildman–Crippen LogP) is 3.60. The normalized spacial score (nSPS) is 13.1. The average molecular weight is 441 g/mol. The lowest BCUT2D eigenvalue weighted by molar-refractivity contribution is 0.0526. The number of hydrogen-bond acceptors (Lipinski definition) is 7. The minimum atomic E-state index is -0.396. The molecule has 0 unspecified atom stereocenters. The molecular weight excluding hydrogens is 416 g/mol. The third-order valence-electron chi connectivity index (χ3n) is 4.60. The number of carbonyl (C=O) groups excluding carboxylic acids is 2. The van der Waals surface area contributed by atoms with E-state index in [9.17, 15) is 9.59 Å². The van der Waals surface area contributed by atoms with Crippen LogP contribution in [0.25, 0.3) is 0 Å². The van der Waals surface area contributed by atoms with Crippen molar-refractivity contribution in [2.24, 2.45) is 0 Å². The lowest BCUT2D eigenvalue weighted by atomic mass is 10.0. The van der Waals surface area contributed by atoms with Crippen LogP contribution < -0.4 is 14.8 Å². The van der Waals surface area contributed by atoms with Crippen LogP contribution in [0, 0.1) is 0 Å². The lowest BCUT2D eigenvalue weighted by Crippen LogP contribution is -2.26. The Kier molecular flexibility index (Phi) is 7.89. The van der Waals surface area contributed by atoms with Gasteiger partial charge in [0.15, 0.2) is 11.5 Å². The zero-order valence-electron chi connectivity index (χ0n) is 16.9. The van der Waals surface area contributed by atoms with E-state index < -0.39 is 5.97 Å². The van der Waals surface area contributed by atoms with Gasteiger partial charge in [0.1, 0.15) is 5.00 Å². The van der Waals surface area contributed by atoms with E-state index in [1.54, 1.807) is 25.1 Å². The molecular formula is C20H25ClN2O5S. The second-order valence-electron chi connectivity index (χ2n) is 6.44. The molecule has 1 aromatic heterocycles. The third-order valence-corrected chi connectivity index (χ3v) is 5.73. The van der Waals surface area contributed by atoms with Crippen LogP contribution >= 0.6 is 23.7 Å². The molecule has 2 aromatic rings. The molecule has 29 heavy (non-hydrogen) atoms. The van der Waals surface area contributed by atoms with E-state index in [-0.39, 0.29) is 24.9 Å². The first-order valence-electron chi connectivity index (χ1n) is 9.02. The third kappa shape index (κ3) is 4.83. The van der Waals surface area contributed by atoms with Crippen molar-refractivity contribution in [3.8, 4) is 11.5 Å². The van der Waals surface area contributed by atoms with Crippen LogP contribution in [-0.4, -0.2) is 51.2 Å². The molecule has 2 heterocycles. The van der Waals surface area contributed by atoms with Crippen LogP contribution in [0.3, 0.4) is 0 Å². The largest absolute Gasteiger partial charge is 0.493 e. The second-order valence-corrected chi connectivity index (χ2v) is 7.55. The molecule has 1 aromatic carbocycles. The summed E-state index contributed by atoms with van der Waals surface area (Å²) in [7, 11) is 5.09. The first kappa shape index (κ1) is 23.0. The minimum absolute atomic E-state index is 0. The number of nitrogens with one attached hydrogen (secondary N) is 1. The summed E-state index contributed by atoms with van der Waals surface area (Å²) >= 11 is 1.43. The zero-order chi connectivity index (χ0) is 20.3. The number of ether oxygens (including phenoxy) is 3. The Balaban J connectivity index is 0.00000300.